The molecule has 0 aromatic carbocycles. The van der Waals surface area contributed by atoms with E-state index in [0.717, 1.165) is 19.5 Å². The van der Waals surface area contributed by atoms with Gasteiger partial charge in [0.05, 0.1) is 13.7 Å². The van der Waals surface area contributed by atoms with Crippen molar-refractivity contribution in [2.24, 2.45) is 0 Å². The van der Waals surface area contributed by atoms with Crippen molar-refractivity contribution < 1.29 is 14.6 Å². The predicted octanol–water partition coefficient (Wildman–Crippen LogP) is 0.130. The largest absolute Gasteiger partial charge is 0.480 e. The first-order valence-electron chi connectivity index (χ1n) is 6.23. The number of ether oxygens (including phenoxy) is 1. The highest BCUT2D eigenvalue weighted by molar-refractivity contribution is 6.28. The summed E-state index contributed by atoms with van der Waals surface area (Å²) in [6.45, 7) is 2.79. The fourth-order valence-electron chi connectivity index (χ4n) is 2.08. The maximum Gasteiger partial charge on any atom is 0.322 e. The van der Waals surface area contributed by atoms with Crippen LogP contribution in [-0.4, -0.2) is 70.8 Å². The normalized spacial score (nSPS) is 16.8. The van der Waals surface area contributed by atoms with Gasteiger partial charge in [-0.15, -0.1) is 0 Å². The van der Waals surface area contributed by atoms with Crippen LogP contribution in [0.5, 0.6) is 6.01 Å². The van der Waals surface area contributed by atoms with Crippen LogP contribution in [0.2, 0.25) is 5.28 Å². The summed E-state index contributed by atoms with van der Waals surface area (Å²) < 4.78 is 4.97. The summed E-state index contributed by atoms with van der Waals surface area (Å²) in [6.07, 6.45) is 0.832. The van der Waals surface area contributed by atoms with Gasteiger partial charge in [0.15, 0.2) is 0 Å². The topological polar surface area (TPSA) is 91.7 Å². The molecule has 0 aliphatic carbocycles. The van der Waals surface area contributed by atoms with Gasteiger partial charge in [-0.2, -0.15) is 15.0 Å². The highest BCUT2D eigenvalue weighted by Gasteiger charge is 2.19. The number of anilines is 1. The molecule has 1 aliphatic rings. The van der Waals surface area contributed by atoms with Crippen molar-refractivity contribution in [2.75, 3.05) is 44.7 Å². The lowest BCUT2D eigenvalue weighted by Gasteiger charge is -2.21. The molecular formula is C11H16ClN5O3. The molecule has 0 atom stereocenters. The first-order chi connectivity index (χ1) is 9.58. The second-order valence-electron chi connectivity index (χ2n) is 4.40. The average molecular weight is 302 g/mol. The smallest absolute Gasteiger partial charge is 0.322 e. The van der Waals surface area contributed by atoms with Gasteiger partial charge in [0.1, 0.15) is 0 Å². The summed E-state index contributed by atoms with van der Waals surface area (Å²) in [5.41, 5.74) is 0. The molecule has 1 N–H and O–H groups in total. The first-order valence-corrected chi connectivity index (χ1v) is 6.61. The summed E-state index contributed by atoms with van der Waals surface area (Å²) in [6, 6.07) is 0.173. The zero-order chi connectivity index (χ0) is 14.5. The number of carbonyl (C=O) groups is 1. The van der Waals surface area contributed by atoms with Crippen LogP contribution in [0.3, 0.4) is 0 Å². The van der Waals surface area contributed by atoms with Gasteiger partial charge in [-0.3, -0.25) is 9.69 Å². The van der Waals surface area contributed by atoms with E-state index >= 15 is 0 Å². The van der Waals surface area contributed by atoms with E-state index in [9.17, 15) is 4.79 Å². The van der Waals surface area contributed by atoms with E-state index < -0.39 is 5.97 Å². The van der Waals surface area contributed by atoms with Crippen LogP contribution >= 0.6 is 11.6 Å². The van der Waals surface area contributed by atoms with Gasteiger partial charge in [0, 0.05) is 26.2 Å². The Hall–Kier alpha value is -1.67. The van der Waals surface area contributed by atoms with Crippen LogP contribution < -0.4 is 9.64 Å². The fraction of sp³-hybridized carbons (Fsp3) is 0.636. The molecule has 8 nitrogen and oxygen atoms in total. The summed E-state index contributed by atoms with van der Waals surface area (Å²) in [7, 11) is 1.46. The number of nitrogens with zero attached hydrogens (tertiary/aromatic N) is 5. The van der Waals surface area contributed by atoms with Gasteiger partial charge in [0.2, 0.25) is 11.2 Å². The van der Waals surface area contributed by atoms with Crippen molar-refractivity contribution in [1.82, 2.24) is 19.9 Å². The van der Waals surface area contributed by atoms with Gasteiger partial charge < -0.3 is 14.7 Å². The lowest BCUT2D eigenvalue weighted by molar-refractivity contribution is -0.138. The summed E-state index contributed by atoms with van der Waals surface area (Å²) in [4.78, 5) is 26.7. The van der Waals surface area contributed by atoms with Gasteiger partial charge in [-0.1, -0.05) is 0 Å². The van der Waals surface area contributed by atoms with Crippen LogP contribution in [0.4, 0.5) is 5.95 Å². The van der Waals surface area contributed by atoms with Crippen LogP contribution in [0.1, 0.15) is 6.42 Å². The van der Waals surface area contributed by atoms with Crippen molar-refractivity contribution in [3.63, 3.8) is 0 Å². The molecule has 1 aromatic heterocycles. The molecule has 1 aromatic rings. The molecule has 1 aliphatic heterocycles. The molecule has 1 fully saturated rings. The molecule has 20 heavy (non-hydrogen) atoms. The zero-order valence-electron chi connectivity index (χ0n) is 11.1. The number of aliphatic carboxylic acids is 1. The van der Waals surface area contributed by atoms with Crippen LogP contribution in [0.15, 0.2) is 0 Å². The lowest BCUT2D eigenvalue weighted by Crippen LogP contribution is -2.34. The maximum atomic E-state index is 10.7. The van der Waals surface area contributed by atoms with E-state index in [4.69, 9.17) is 21.4 Å². The van der Waals surface area contributed by atoms with Crippen molar-refractivity contribution in [3.05, 3.63) is 5.28 Å². The Labute approximate surface area is 121 Å². The highest BCUT2D eigenvalue weighted by atomic mass is 35.5. The molecule has 2 heterocycles. The molecule has 9 heteroatoms. The van der Waals surface area contributed by atoms with Crippen molar-refractivity contribution in [1.29, 1.82) is 0 Å². The number of hydrogen-bond acceptors (Lipinski definition) is 7. The van der Waals surface area contributed by atoms with Crippen molar-refractivity contribution in [2.45, 2.75) is 6.42 Å². The standard InChI is InChI=1S/C11H16ClN5O3/c1-20-11-14-9(12)13-10(15-11)17-4-2-3-16(5-6-17)7-8(18)19/h2-7H2,1H3,(H,18,19). The molecule has 0 spiro atoms. The molecule has 110 valence electrons. The van der Waals surface area contributed by atoms with Crippen LogP contribution in [0, 0.1) is 0 Å². The summed E-state index contributed by atoms with van der Waals surface area (Å²) in [5.74, 6) is -0.359. The minimum atomic E-state index is -0.816. The van der Waals surface area contributed by atoms with Crippen molar-refractivity contribution in [3.8, 4) is 6.01 Å². The third-order valence-corrected chi connectivity index (χ3v) is 3.16. The van der Waals surface area contributed by atoms with E-state index in [1.165, 1.54) is 7.11 Å². The Morgan fingerprint density at radius 3 is 2.80 bits per heavy atom. The third kappa shape index (κ3) is 3.91. The third-order valence-electron chi connectivity index (χ3n) is 2.99. The lowest BCUT2D eigenvalue weighted by atomic mass is 10.4. The number of hydrogen-bond donors (Lipinski definition) is 1. The molecule has 1 saturated heterocycles. The van der Waals surface area contributed by atoms with Crippen LogP contribution in [0.25, 0.3) is 0 Å². The van der Waals surface area contributed by atoms with Gasteiger partial charge in [-0.05, 0) is 18.0 Å². The first kappa shape index (κ1) is 14.7. The Morgan fingerprint density at radius 1 is 1.30 bits per heavy atom. The Kier molecular flexibility index (Phi) is 4.91. The predicted molar refractivity (Wildman–Crippen MR) is 72.3 cm³/mol. The number of halogens is 1. The zero-order valence-corrected chi connectivity index (χ0v) is 11.9. The summed E-state index contributed by atoms with van der Waals surface area (Å²) >= 11 is 5.83. The second kappa shape index (κ2) is 6.67. The van der Waals surface area contributed by atoms with Gasteiger partial charge in [-0.25, -0.2) is 0 Å². The SMILES string of the molecule is COc1nc(Cl)nc(N2CCCN(CC(=O)O)CC2)n1. The Balaban J connectivity index is 2.06. The number of aromatic nitrogens is 3. The van der Waals surface area contributed by atoms with Crippen LogP contribution in [-0.2, 0) is 4.79 Å². The molecule has 2 rings (SSSR count). The fourth-order valence-corrected chi connectivity index (χ4v) is 2.22. The molecule has 0 amide bonds. The number of carboxylic acids is 1. The van der Waals surface area contributed by atoms with E-state index in [0.29, 0.717) is 19.0 Å². The Bertz CT molecular complexity index is 487. The highest BCUT2D eigenvalue weighted by Crippen LogP contribution is 2.16. The number of rotatable bonds is 4. The Morgan fingerprint density at radius 2 is 2.10 bits per heavy atom. The van der Waals surface area contributed by atoms with Gasteiger partial charge >= 0.3 is 12.0 Å². The maximum absolute atomic E-state index is 10.7. The second-order valence-corrected chi connectivity index (χ2v) is 4.74. The van der Waals surface area contributed by atoms with E-state index in [2.05, 4.69) is 15.0 Å². The van der Waals surface area contributed by atoms with Gasteiger partial charge in [0.25, 0.3) is 0 Å². The monoisotopic (exact) mass is 301 g/mol. The number of carboxylic acid groups (broad SMARTS) is 1. The van der Waals surface area contributed by atoms with E-state index in [1.54, 1.807) is 0 Å². The minimum absolute atomic E-state index is 0.0507. The number of methoxy groups -OCH3 is 1. The molecule has 0 saturated carbocycles. The van der Waals surface area contributed by atoms with Crippen molar-refractivity contribution >= 4 is 23.5 Å². The molecule has 0 radical (unpaired) electrons. The molecule has 0 unspecified atom stereocenters. The minimum Gasteiger partial charge on any atom is -0.480 e. The quantitative estimate of drug-likeness (QED) is 0.839. The molecular weight excluding hydrogens is 286 g/mol. The van der Waals surface area contributed by atoms with E-state index in [1.807, 2.05) is 9.80 Å². The molecule has 0 bridgehead atoms. The van der Waals surface area contributed by atoms with E-state index in [-0.39, 0.29) is 17.8 Å². The summed E-state index contributed by atoms with van der Waals surface area (Å²) in [5, 5.41) is 8.90. The average Bonchev–Trinajstić information content (AvgIpc) is 2.63.